The Hall–Kier alpha value is -2.87. The molecule has 1 spiro atoms. The molecule has 0 amide bonds. The molecule has 186 valence electrons. The van der Waals surface area contributed by atoms with Crippen LogP contribution in [0.25, 0.3) is 10.8 Å². The predicted molar refractivity (Wildman–Crippen MR) is 134 cm³/mol. The maximum atomic E-state index is 13.4. The Bertz CT molecular complexity index is 1220. The molecule has 2 aliphatic rings. The van der Waals surface area contributed by atoms with Crippen molar-refractivity contribution in [3.8, 4) is 0 Å². The average molecular weight is 484 g/mol. The largest absolute Gasteiger partial charge is 0.416 e. The second-order valence-corrected chi connectivity index (χ2v) is 10.2. The first kappa shape index (κ1) is 23.9. The van der Waals surface area contributed by atoms with Gasteiger partial charge in [-0.05, 0) is 81.3 Å². The number of aromatic nitrogens is 2. The van der Waals surface area contributed by atoms with Gasteiger partial charge in [-0.1, -0.05) is 18.2 Å². The van der Waals surface area contributed by atoms with Crippen molar-refractivity contribution < 1.29 is 13.2 Å². The number of anilines is 2. The normalized spacial score (nSPS) is 18.9. The number of rotatable bonds is 4. The summed E-state index contributed by atoms with van der Waals surface area (Å²) in [4.78, 5) is 2.43. The van der Waals surface area contributed by atoms with Gasteiger partial charge in [0.05, 0.1) is 17.3 Å². The van der Waals surface area contributed by atoms with Crippen molar-refractivity contribution in [2.75, 3.05) is 36.4 Å². The molecular weight excluding hydrogens is 451 g/mol. The predicted octanol–water partition coefficient (Wildman–Crippen LogP) is 6.02. The van der Waals surface area contributed by atoms with Crippen LogP contribution in [0.4, 0.5) is 24.7 Å². The van der Waals surface area contributed by atoms with Gasteiger partial charge in [-0.15, -0.1) is 5.10 Å². The minimum atomic E-state index is -4.38. The fourth-order valence-electron chi connectivity index (χ4n) is 5.75. The van der Waals surface area contributed by atoms with Crippen LogP contribution in [0.2, 0.25) is 0 Å². The van der Waals surface area contributed by atoms with Crippen molar-refractivity contribution in [1.82, 2.24) is 15.5 Å². The third-order valence-electron chi connectivity index (χ3n) is 7.97. The van der Waals surface area contributed by atoms with Gasteiger partial charge in [0.15, 0.2) is 5.82 Å². The number of benzene rings is 2. The SMILES string of the molecule is Cc1c([C@@H](C)Nc2nnc(C)c3ccc(N4CCC5(CCNC5)CC4)cc23)cccc1C(F)(F)F. The van der Waals surface area contributed by atoms with E-state index in [0.29, 0.717) is 16.8 Å². The Morgan fingerprint density at radius 2 is 1.80 bits per heavy atom. The molecule has 3 aromatic rings. The summed E-state index contributed by atoms with van der Waals surface area (Å²) in [6, 6.07) is 10.3. The Labute approximate surface area is 204 Å². The molecular formula is C27H32F3N5. The van der Waals surface area contributed by atoms with Gasteiger partial charge in [0.1, 0.15) is 0 Å². The van der Waals surface area contributed by atoms with Crippen molar-refractivity contribution in [3.63, 3.8) is 0 Å². The summed E-state index contributed by atoms with van der Waals surface area (Å²) >= 11 is 0. The summed E-state index contributed by atoms with van der Waals surface area (Å²) in [5.41, 5.74) is 2.64. The van der Waals surface area contributed by atoms with E-state index in [-0.39, 0.29) is 11.6 Å². The molecule has 0 bridgehead atoms. The van der Waals surface area contributed by atoms with Crippen molar-refractivity contribution in [2.24, 2.45) is 5.41 Å². The van der Waals surface area contributed by atoms with Gasteiger partial charge >= 0.3 is 6.18 Å². The van der Waals surface area contributed by atoms with Crippen LogP contribution >= 0.6 is 0 Å². The van der Waals surface area contributed by atoms with Gasteiger partial charge in [-0.3, -0.25) is 0 Å². The van der Waals surface area contributed by atoms with Crippen LogP contribution in [0.1, 0.15) is 54.6 Å². The molecule has 0 unspecified atom stereocenters. The Kier molecular flexibility index (Phi) is 6.11. The summed E-state index contributed by atoms with van der Waals surface area (Å²) in [5.74, 6) is 0.588. The van der Waals surface area contributed by atoms with Crippen LogP contribution in [0, 0.1) is 19.3 Å². The first-order chi connectivity index (χ1) is 16.7. The van der Waals surface area contributed by atoms with Crippen LogP contribution in [-0.2, 0) is 6.18 Å². The average Bonchev–Trinajstić information content (AvgIpc) is 3.28. The molecule has 0 saturated carbocycles. The maximum Gasteiger partial charge on any atom is 0.416 e. The van der Waals surface area contributed by atoms with E-state index >= 15 is 0 Å². The number of hydrogen-bond donors (Lipinski definition) is 2. The molecule has 35 heavy (non-hydrogen) atoms. The van der Waals surface area contributed by atoms with Crippen LogP contribution in [0.5, 0.6) is 0 Å². The molecule has 2 aromatic carbocycles. The molecule has 2 saturated heterocycles. The van der Waals surface area contributed by atoms with Gasteiger partial charge in [0.2, 0.25) is 0 Å². The number of nitrogens with one attached hydrogen (secondary N) is 2. The van der Waals surface area contributed by atoms with E-state index in [0.717, 1.165) is 54.4 Å². The zero-order valence-corrected chi connectivity index (χ0v) is 20.5. The van der Waals surface area contributed by atoms with Crippen LogP contribution < -0.4 is 15.5 Å². The first-order valence-electron chi connectivity index (χ1n) is 12.3. The number of piperidine rings is 1. The van der Waals surface area contributed by atoms with Crippen molar-refractivity contribution in [2.45, 2.75) is 52.3 Å². The first-order valence-corrected chi connectivity index (χ1v) is 12.3. The van der Waals surface area contributed by atoms with Gasteiger partial charge in [-0.25, -0.2) is 0 Å². The lowest BCUT2D eigenvalue weighted by Gasteiger charge is -2.40. The fraction of sp³-hybridized carbons (Fsp3) is 0.481. The number of hydrogen-bond acceptors (Lipinski definition) is 5. The summed E-state index contributed by atoms with van der Waals surface area (Å²) < 4.78 is 40.3. The highest BCUT2D eigenvalue weighted by Crippen LogP contribution is 2.40. The lowest BCUT2D eigenvalue weighted by Crippen LogP contribution is -2.41. The van der Waals surface area contributed by atoms with E-state index in [1.807, 2.05) is 13.8 Å². The van der Waals surface area contributed by atoms with E-state index in [2.05, 4.69) is 43.9 Å². The molecule has 8 heteroatoms. The number of aryl methyl sites for hydroxylation is 1. The minimum Gasteiger partial charge on any atom is -0.371 e. The van der Waals surface area contributed by atoms with Crippen molar-refractivity contribution in [1.29, 1.82) is 0 Å². The van der Waals surface area contributed by atoms with Crippen LogP contribution in [0.3, 0.4) is 0 Å². The number of nitrogens with zero attached hydrogens (tertiary/aromatic N) is 3. The van der Waals surface area contributed by atoms with Crippen LogP contribution in [0.15, 0.2) is 36.4 Å². The highest BCUT2D eigenvalue weighted by atomic mass is 19.4. The maximum absolute atomic E-state index is 13.4. The van der Waals surface area contributed by atoms with Gasteiger partial charge in [0, 0.05) is 36.1 Å². The molecule has 3 heterocycles. The zero-order chi connectivity index (χ0) is 24.8. The highest BCUT2D eigenvalue weighted by Gasteiger charge is 2.37. The lowest BCUT2D eigenvalue weighted by atomic mass is 9.78. The number of halogens is 3. The molecule has 2 fully saturated rings. The van der Waals surface area contributed by atoms with Gasteiger partial charge in [-0.2, -0.15) is 18.3 Å². The molecule has 0 aliphatic carbocycles. The topological polar surface area (TPSA) is 53.1 Å². The highest BCUT2D eigenvalue weighted by molar-refractivity contribution is 5.95. The second-order valence-electron chi connectivity index (χ2n) is 10.2. The van der Waals surface area contributed by atoms with E-state index < -0.39 is 11.7 Å². The summed E-state index contributed by atoms with van der Waals surface area (Å²) in [6.07, 6.45) is -0.758. The summed E-state index contributed by atoms with van der Waals surface area (Å²) in [6.45, 7) is 9.59. The number of fused-ring (bicyclic) bond motifs is 1. The molecule has 5 nitrogen and oxygen atoms in total. The van der Waals surface area contributed by atoms with Crippen molar-refractivity contribution >= 4 is 22.3 Å². The molecule has 2 N–H and O–H groups in total. The standard InChI is InChI=1S/C27H32F3N5/c1-17-21(5-4-6-24(17)27(28,29)30)18(2)32-25-23-15-20(7-8-22(23)19(3)33-34-25)35-13-10-26(11-14-35)9-12-31-16-26/h4-8,15,18,31H,9-14,16H2,1-3H3,(H,32,34)/t18-/m1/s1. The van der Waals surface area contributed by atoms with E-state index in [9.17, 15) is 13.2 Å². The van der Waals surface area contributed by atoms with Gasteiger partial charge in [0.25, 0.3) is 0 Å². The fourth-order valence-corrected chi connectivity index (χ4v) is 5.75. The third kappa shape index (κ3) is 4.56. The minimum absolute atomic E-state index is 0.230. The smallest absolute Gasteiger partial charge is 0.371 e. The third-order valence-corrected chi connectivity index (χ3v) is 7.97. The zero-order valence-electron chi connectivity index (χ0n) is 20.5. The van der Waals surface area contributed by atoms with Crippen LogP contribution in [-0.4, -0.2) is 36.4 Å². The molecule has 1 atom stereocenters. The van der Waals surface area contributed by atoms with Crippen molar-refractivity contribution in [3.05, 3.63) is 58.8 Å². The lowest BCUT2D eigenvalue weighted by molar-refractivity contribution is -0.138. The summed E-state index contributed by atoms with van der Waals surface area (Å²) in [7, 11) is 0. The quantitative estimate of drug-likeness (QED) is 0.475. The Morgan fingerprint density at radius 1 is 1.03 bits per heavy atom. The van der Waals surface area contributed by atoms with E-state index in [1.54, 1.807) is 6.07 Å². The van der Waals surface area contributed by atoms with E-state index in [4.69, 9.17) is 0 Å². The Morgan fingerprint density at radius 3 is 2.49 bits per heavy atom. The molecule has 0 radical (unpaired) electrons. The second kappa shape index (κ2) is 8.97. The molecule has 1 aromatic heterocycles. The monoisotopic (exact) mass is 483 g/mol. The van der Waals surface area contributed by atoms with Gasteiger partial charge < -0.3 is 15.5 Å². The number of alkyl halides is 3. The summed E-state index contributed by atoms with van der Waals surface area (Å²) in [5, 5.41) is 17.5. The van der Waals surface area contributed by atoms with E-state index in [1.165, 1.54) is 32.3 Å². The Balaban J connectivity index is 1.43. The molecule has 2 aliphatic heterocycles. The molecule has 5 rings (SSSR count).